The van der Waals surface area contributed by atoms with E-state index in [2.05, 4.69) is 4.98 Å². The number of aromatic nitrogens is 1. The summed E-state index contributed by atoms with van der Waals surface area (Å²) in [6.07, 6.45) is 1.14. The highest BCUT2D eigenvalue weighted by atomic mass is 19.1. The number of pyridine rings is 1. The van der Waals surface area contributed by atoms with E-state index in [9.17, 15) is 9.18 Å². The molecule has 0 aliphatic carbocycles. The predicted octanol–water partition coefficient (Wildman–Crippen LogP) is 0.614. The number of hydrogen-bond acceptors (Lipinski definition) is 3. The summed E-state index contributed by atoms with van der Waals surface area (Å²) in [5.41, 5.74) is 6.14. The molecule has 0 unspecified atom stereocenters. The number of carbonyl (C=O) groups is 1. The van der Waals surface area contributed by atoms with Crippen molar-refractivity contribution in [3.8, 4) is 0 Å². The maximum absolute atomic E-state index is 12.5. The molecule has 1 aromatic heterocycles. The number of nitrogens with two attached hydrogens (primary N) is 1. The van der Waals surface area contributed by atoms with Crippen molar-refractivity contribution in [2.75, 3.05) is 0 Å². The zero-order chi connectivity index (χ0) is 10.0. The Bertz CT molecular complexity index is 341. The monoisotopic (exact) mass is 184 g/mol. The van der Waals surface area contributed by atoms with Crippen LogP contribution in [-0.2, 0) is 4.79 Å². The Labute approximate surface area is 74.2 Å². The molecule has 0 aliphatic heterocycles. The van der Waals surface area contributed by atoms with Crippen LogP contribution >= 0.6 is 0 Å². The van der Waals surface area contributed by atoms with Crippen LogP contribution < -0.4 is 5.73 Å². The summed E-state index contributed by atoms with van der Waals surface area (Å²) >= 11 is 0. The highest BCUT2D eigenvalue weighted by Gasteiger charge is 2.16. The molecule has 0 radical (unpaired) electrons. The molecule has 1 rings (SSSR count). The third-order valence-electron chi connectivity index (χ3n) is 1.72. The fourth-order valence-corrected chi connectivity index (χ4v) is 0.991. The van der Waals surface area contributed by atoms with E-state index in [1.165, 1.54) is 0 Å². The molecule has 0 aliphatic rings. The van der Waals surface area contributed by atoms with E-state index in [0.717, 1.165) is 12.3 Å². The molecule has 1 aromatic rings. The highest BCUT2D eigenvalue weighted by Crippen LogP contribution is 2.14. The Kier molecular flexibility index (Phi) is 2.57. The molecule has 4 nitrogen and oxygen atoms in total. The Hall–Kier alpha value is -1.49. The van der Waals surface area contributed by atoms with E-state index in [0.29, 0.717) is 11.1 Å². The zero-order valence-corrected chi connectivity index (χ0v) is 6.99. The van der Waals surface area contributed by atoms with Crippen LogP contribution in [0, 0.1) is 12.9 Å². The van der Waals surface area contributed by atoms with Crippen LogP contribution in [0.1, 0.15) is 17.2 Å². The number of aliphatic carboxylic acids is 1. The summed E-state index contributed by atoms with van der Waals surface area (Å²) in [4.78, 5) is 13.8. The van der Waals surface area contributed by atoms with Crippen LogP contribution in [-0.4, -0.2) is 16.1 Å². The van der Waals surface area contributed by atoms with E-state index in [-0.39, 0.29) is 0 Å². The number of aryl methyl sites for hydroxylation is 1. The van der Waals surface area contributed by atoms with Gasteiger partial charge in [-0.1, -0.05) is 0 Å². The zero-order valence-electron chi connectivity index (χ0n) is 6.99. The van der Waals surface area contributed by atoms with Gasteiger partial charge in [-0.2, -0.15) is 4.39 Å². The molecular weight excluding hydrogens is 175 g/mol. The summed E-state index contributed by atoms with van der Waals surface area (Å²) in [5, 5.41) is 8.58. The van der Waals surface area contributed by atoms with Crippen LogP contribution in [0.5, 0.6) is 0 Å². The fourth-order valence-electron chi connectivity index (χ4n) is 0.991. The lowest BCUT2D eigenvalue weighted by Crippen LogP contribution is -2.21. The summed E-state index contributed by atoms with van der Waals surface area (Å²) in [6.45, 7) is 1.59. The molecule has 0 fully saturated rings. The number of halogens is 1. The average Bonchev–Trinajstić information content (AvgIpc) is 2.03. The molecule has 5 heteroatoms. The minimum Gasteiger partial charge on any atom is -0.480 e. The van der Waals surface area contributed by atoms with Crippen LogP contribution in [0.2, 0.25) is 0 Å². The van der Waals surface area contributed by atoms with Crippen molar-refractivity contribution in [2.24, 2.45) is 5.73 Å². The summed E-state index contributed by atoms with van der Waals surface area (Å²) in [7, 11) is 0. The molecule has 13 heavy (non-hydrogen) atoms. The van der Waals surface area contributed by atoms with Crippen molar-refractivity contribution in [3.05, 3.63) is 29.3 Å². The molecular formula is C8H9FN2O2. The topological polar surface area (TPSA) is 76.2 Å². The number of carboxylic acid groups (broad SMARTS) is 1. The molecule has 1 atom stereocenters. The Morgan fingerprint density at radius 1 is 1.77 bits per heavy atom. The van der Waals surface area contributed by atoms with Gasteiger partial charge in [-0.15, -0.1) is 0 Å². The first kappa shape index (κ1) is 9.60. The van der Waals surface area contributed by atoms with Gasteiger partial charge in [0, 0.05) is 11.8 Å². The lowest BCUT2D eigenvalue weighted by molar-refractivity contribution is -0.138. The van der Waals surface area contributed by atoms with Crippen LogP contribution in [0.3, 0.4) is 0 Å². The minimum atomic E-state index is -1.16. The first-order chi connectivity index (χ1) is 6.02. The molecule has 3 N–H and O–H groups in total. The van der Waals surface area contributed by atoms with Gasteiger partial charge >= 0.3 is 5.97 Å². The Morgan fingerprint density at radius 3 is 2.85 bits per heavy atom. The maximum Gasteiger partial charge on any atom is 0.325 e. The molecule has 0 bridgehead atoms. The molecule has 0 amide bonds. The SMILES string of the molecule is Cc1cc(F)ncc1[C@H](N)C(=O)O. The quantitative estimate of drug-likeness (QED) is 0.660. The van der Waals surface area contributed by atoms with E-state index in [4.69, 9.17) is 10.8 Å². The van der Waals surface area contributed by atoms with E-state index < -0.39 is 18.0 Å². The summed E-state index contributed by atoms with van der Waals surface area (Å²) in [6, 6.07) is 0.00565. The van der Waals surface area contributed by atoms with Gasteiger partial charge in [-0.05, 0) is 18.6 Å². The van der Waals surface area contributed by atoms with Gasteiger partial charge in [0.25, 0.3) is 0 Å². The van der Waals surface area contributed by atoms with Crippen LogP contribution in [0.15, 0.2) is 12.3 Å². The van der Waals surface area contributed by atoms with Crippen LogP contribution in [0.25, 0.3) is 0 Å². The smallest absolute Gasteiger partial charge is 0.325 e. The van der Waals surface area contributed by atoms with Crippen molar-refractivity contribution < 1.29 is 14.3 Å². The lowest BCUT2D eigenvalue weighted by atomic mass is 10.1. The molecule has 0 spiro atoms. The van der Waals surface area contributed by atoms with Crippen molar-refractivity contribution in [1.29, 1.82) is 0 Å². The van der Waals surface area contributed by atoms with E-state index >= 15 is 0 Å². The lowest BCUT2D eigenvalue weighted by Gasteiger charge is -2.08. The van der Waals surface area contributed by atoms with E-state index in [1.54, 1.807) is 6.92 Å². The molecule has 70 valence electrons. The van der Waals surface area contributed by atoms with Gasteiger partial charge in [0.15, 0.2) is 0 Å². The van der Waals surface area contributed by atoms with Gasteiger partial charge < -0.3 is 10.8 Å². The Balaban J connectivity index is 3.08. The third-order valence-corrected chi connectivity index (χ3v) is 1.72. The van der Waals surface area contributed by atoms with Crippen molar-refractivity contribution in [3.63, 3.8) is 0 Å². The van der Waals surface area contributed by atoms with Gasteiger partial charge in [0.05, 0.1) is 0 Å². The summed E-state index contributed by atoms with van der Waals surface area (Å²) < 4.78 is 12.5. The van der Waals surface area contributed by atoms with Crippen LogP contribution in [0.4, 0.5) is 4.39 Å². The maximum atomic E-state index is 12.5. The van der Waals surface area contributed by atoms with Gasteiger partial charge in [-0.25, -0.2) is 4.98 Å². The van der Waals surface area contributed by atoms with Gasteiger partial charge in [0.2, 0.25) is 5.95 Å². The first-order valence-electron chi connectivity index (χ1n) is 3.63. The van der Waals surface area contributed by atoms with E-state index in [1.807, 2.05) is 0 Å². The Morgan fingerprint density at radius 2 is 2.38 bits per heavy atom. The second-order valence-electron chi connectivity index (χ2n) is 2.68. The number of rotatable bonds is 2. The predicted molar refractivity (Wildman–Crippen MR) is 43.5 cm³/mol. The largest absolute Gasteiger partial charge is 0.480 e. The van der Waals surface area contributed by atoms with Crippen molar-refractivity contribution >= 4 is 5.97 Å². The van der Waals surface area contributed by atoms with Crippen molar-refractivity contribution in [1.82, 2.24) is 4.98 Å². The second kappa shape index (κ2) is 3.49. The molecule has 0 saturated carbocycles. The normalized spacial score (nSPS) is 12.5. The van der Waals surface area contributed by atoms with Crippen molar-refractivity contribution in [2.45, 2.75) is 13.0 Å². The number of hydrogen-bond donors (Lipinski definition) is 2. The number of nitrogens with zero attached hydrogens (tertiary/aromatic N) is 1. The molecule has 0 saturated heterocycles. The molecule has 1 heterocycles. The van der Waals surface area contributed by atoms with Gasteiger partial charge in [0.1, 0.15) is 6.04 Å². The second-order valence-corrected chi connectivity index (χ2v) is 2.68. The third kappa shape index (κ3) is 2.00. The standard InChI is InChI=1S/C8H9FN2O2/c1-4-2-6(9)11-3-5(4)7(10)8(12)13/h2-3,7H,10H2,1H3,(H,12,13)/t7-/m0/s1. The first-order valence-corrected chi connectivity index (χ1v) is 3.63. The highest BCUT2D eigenvalue weighted by molar-refractivity contribution is 5.75. The number of carboxylic acids is 1. The molecule has 0 aromatic carbocycles. The minimum absolute atomic E-state index is 0.328. The average molecular weight is 184 g/mol. The van der Waals surface area contributed by atoms with Gasteiger partial charge in [-0.3, -0.25) is 4.79 Å². The fraction of sp³-hybridized carbons (Fsp3) is 0.250. The summed E-state index contributed by atoms with van der Waals surface area (Å²) in [5.74, 6) is -1.80.